The van der Waals surface area contributed by atoms with E-state index in [4.69, 9.17) is 4.74 Å². The second-order valence-corrected chi connectivity index (χ2v) is 8.40. The molecule has 1 saturated carbocycles. The fraction of sp³-hybridized carbons (Fsp3) is 0.636. The molecule has 2 unspecified atom stereocenters. The predicted molar refractivity (Wildman–Crippen MR) is 109 cm³/mol. The number of nitrogens with one attached hydrogen (secondary N) is 1. The number of hydrogen-bond acceptors (Lipinski definition) is 4. The van der Waals surface area contributed by atoms with Crippen LogP contribution in [0.5, 0.6) is 5.75 Å². The number of para-hydroxylation sites is 2. The minimum atomic E-state index is -0.898. The maximum Gasteiger partial charge on any atom is 0.304 e. The molecule has 1 heterocycles. The minimum Gasteiger partial charge on any atom is -0.495 e. The maximum atomic E-state index is 13.2. The highest BCUT2D eigenvalue weighted by molar-refractivity contribution is 5.87. The van der Waals surface area contributed by atoms with Gasteiger partial charge in [0.1, 0.15) is 5.75 Å². The smallest absolute Gasteiger partial charge is 0.304 e. The zero-order chi connectivity index (χ0) is 20.1. The van der Waals surface area contributed by atoms with Crippen LogP contribution in [0.1, 0.15) is 51.9 Å². The lowest BCUT2D eigenvalue weighted by Gasteiger charge is -2.38. The maximum absolute atomic E-state index is 13.2. The number of anilines is 1. The van der Waals surface area contributed by atoms with Crippen LogP contribution in [0.2, 0.25) is 0 Å². The van der Waals surface area contributed by atoms with E-state index in [-0.39, 0.29) is 24.3 Å². The lowest BCUT2D eigenvalue weighted by Crippen LogP contribution is -2.49. The molecular weight excluding hydrogens is 356 g/mol. The van der Waals surface area contributed by atoms with Gasteiger partial charge in [0.25, 0.3) is 0 Å². The van der Waals surface area contributed by atoms with Crippen LogP contribution in [0.4, 0.5) is 5.69 Å². The van der Waals surface area contributed by atoms with Gasteiger partial charge in [-0.15, -0.1) is 0 Å². The molecule has 1 aromatic rings. The van der Waals surface area contributed by atoms with Crippen molar-refractivity contribution in [3.63, 3.8) is 0 Å². The molecule has 1 aliphatic carbocycles. The fourth-order valence-electron chi connectivity index (χ4n) is 4.80. The molecule has 2 fully saturated rings. The summed E-state index contributed by atoms with van der Waals surface area (Å²) in [7, 11) is 1.66. The molecule has 3 rings (SSSR count). The van der Waals surface area contributed by atoms with Crippen LogP contribution in [0.25, 0.3) is 0 Å². The Labute approximate surface area is 167 Å². The van der Waals surface area contributed by atoms with E-state index in [1.165, 1.54) is 6.42 Å². The van der Waals surface area contributed by atoms with Crippen LogP contribution in [0.15, 0.2) is 24.3 Å². The summed E-state index contributed by atoms with van der Waals surface area (Å²) in [4.78, 5) is 26.9. The van der Waals surface area contributed by atoms with E-state index < -0.39 is 11.4 Å². The van der Waals surface area contributed by atoms with Gasteiger partial charge < -0.3 is 20.1 Å². The van der Waals surface area contributed by atoms with Crippen LogP contribution in [-0.4, -0.2) is 43.2 Å². The fourth-order valence-corrected chi connectivity index (χ4v) is 4.80. The van der Waals surface area contributed by atoms with Gasteiger partial charge in [-0.3, -0.25) is 9.59 Å². The molecule has 6 heteroatoms. The molecule has 6 nitrogen and oxygen atoms in total. The highest BCUT2D eigenvalue weighted by Crippen LogP contribution is 2.41. The third kappa shape index (κ3) is 4.42. The molecule has 2 aliphatic rings. The molecular formula is C22H32N2O4. The van der Waals surface area contributed by atoms with Crippen molar-refractivity contribution < 1.29 is 19.4 Å². The van der Waals surface area contributed by atoms with Crippen molar-refractivity contribution in [2.24, 2.45) is 11.3 Å². The van der Waals surface area contributed by atoms with Gasteiger partial charge in [0.2, 0.25) is 5.91 Å². The summed E-state index contributed by atoms with van der Waals surface area (Å²) in [6, 6.07) is 7.91. The molecule has 0 aromatic heterocycles. The average molecular weight is 389 g/mol. The standard InChI is InChI=1S/C22H32N2O4/c1-22(14-20(25)26,16-8-4-3-5-9-16)21(27)23-17-12-13-24(15-17)18-10-6-7-11-19(18)28-2/h6-7,10-11,16-17H,3-5,8-9,12-15H2,1-2H3,(H,23,27)(H,25,26). The number of benzene rings is 1. The van der Waals surface area contributed by atoms with Gasteiger partial charge >= 0.3 is 5.97 Å². The monoisotopic (exact) mass is 388 g/mol. The van der Waals surface area contributed by atoms with E-state index in [9.17, 15) is 14.7 Å². The summed E-state index contributed by atoms with van der Waals surface area (Å²) in [6.07, 6.45) is 5.96. The molecule has 28 heavy (non-hydrogen) atoms. The third-order valence-corrected chi connectivity index (χ3v) is 6.49. The summed E-state index contributed by atoms with van der Waals surface area (Å²) >= 11 is 0. The largest absolute Gasteiger partial charge is 0.495 e. The molecule has 1 aromatic carbocycles. The molecule has 0 bridgehead atoms. The van der Waals surface area contributed by atoms with Crippen molar-refractivity contribution >= 4 is 17.6 Å². The SMILES string of the molecule is COc1ccccc1N1CCC(NC(=O)C(C)(CC(=O)O)C2CCCCC2)C1. The van der Waals surface area contributed by atoms with Crippen LogP contribution >= 0.6 is 0 Å². The number of rotatable bonds is 7. The summed E-state index contributed by atoms with van der Waals surface area (Å²) in [5.74, 6) is -0.0320. The van der Waals surface area contributed by atoms with Crippen molar-refractivity contribution in [3.8, 4) is 5.75 Å². The summed E-state index contributed by atoms with van der Waals surface area (Å²) in [6.45, 7) is 3.39. The second kappa shape index (κ2) is 8.84. The minimum absolute atomic E-state index is 0.0223. The number of carboxylic acids is 1. The topological polar surface area (TPSA) is 78.9 Å². The zero-order valence-electron chi connectivity index (χ0n) is 16.9. The van der Waals surface area contributed by atoms with E-state index in [2.05, 4.69) is 10.2 Å². The number of ether oxygens (including phenoxy) is 1. The lowest BCUT2D eigenvalue weighted by molar-refractivity contribution is -0.148. The summed E-state index contributed by atoms with van der Waals surface area (Å²) in [5, 5.41) is 12.6. The first-order valence-corrected chi connectivity index (χ1v) is 10.3. The van der Waals surface area contributed by atoms with Crippen LogP contribution in [0.3, 0.4) is 0 Å². The van der Waals surface area contributed by atoms with Gasteiger partial charge in [0.15, 0.2) is 0 Å². The zero-order valence-corrected chi connectivity index (χ0v) is 16.9. The number of methoxy groups -OCH3 is 1. The van der Waals surface area contributed by atoms with E-state index in [1.54, 1.807) is 7.11 Å². The number of carboxylic acid groups (broad SMARTS) is 1. The predicted octanol–water partition coefficient (Wildman–Crippen LogP) is 3.45. The Kier molecular flexibility index (Phi) is 6.47. The lowest BCUT2D eigenvalue weighted by atomic mass is 9.67. The first-order chi connectivity index (χ1) is 13.4. The number of amides is 1. The number of aliphatic carboxylic acids is 1. The Bertz CT molecular complexity index is 702. The molecule has 0 spiro atoms. The van der Waals surface area contributed by atoms with Crippen molar-refractivity contribution in [2.75, 3.05) is 25.1 Å². The van der Waals surface area contributed by atoms with Gasteiger partial charge in [-0.2, -0.15) is 0 Å². The quantitative estimate of drug-likeness (QED) is 0.748. The van der Waals surface area contributed by atoms with E-state index in [0.29, 0.717) is 6.54 Å². The number of nitrogens with zero attached hydrogens (tertiary/aromatic N) is 1. The van der Waals surface area contributed by atoms with Crippen LogP contribution in [0, 0.1) is 11.3 Å². The van der Waals surface area contributed by atoms with E-state index in [1.807, 2.05) is 31.2 Å². The molecule has 2 atom stereocenters. The Morgan fingerprint density at radius 1 is 1.21 bits per heavy atom. The first-order valence-electron chi connectivity index (χ1n) is 10.3. The molecule has 1 saturated heterocycles. The Balaban J connectivity index is 1.67. The first kappa shape index (κ1) is 20.5. The van der Waals surface area contributed by atoms with Gasteiger partial charge in [0, 0.05) is 19.1 Å². The third-order valence-electron chi connectivity index (χ3n) is 6.49. The van der Waals surface area contributed by atoms with Crippen molar-refractivity contribution in [1.82, 2.24) is 5.32 Å². The van der Waals surface area contributed by atoms with E-state index in [0.717, 1.165) is 50.1 Å². The van der Waals surface area contributed by atoms with Crippen molar-refractivity contribution in [3.05, 3.63) is 24.3 Å². The van der Waals surface area contributed by atoms with Gasteiger partial charge in [0.05, 0.1) is 24.6 Å². The summed E-state index contributed by atoms with van der Waals surface area (Å²) < 4.78 is 5.46. The van der Waals surface area contributed by atoms with Crippen molar-refractivity contribution in [1.29, 1.82) is 0 Å². The normalized spacial score (nSPS) is 22.5. The molecule has 0 radical (unpaired) electrons. The molecule has 1 amide bonds. The number of hydrogen-bond donors (Lipinski definition) is 2. The average Bonchev–Trinajstić information content (AvgIpc) is 3.16. The Hall–Kier alpha value is -2.24. The van der Waals surface area contributed by atoms with E-state index >= 15 is 0 Å². The van der Waals surface area contributed by atoms with Gasteiger partial charge in [-0.1, -0.05) is 31.4 Å². The molecule has 2 N–H and O–H groups in total. The van der Waals surface area contributed by atoms with Crippen LogP contribution in [-0.2, 0) is 9.59 Å². The molecule has 154 valence electrons. The molecule has 1 aliphatic heterocycles. The number of carbonyl (C=O) groups excluding carboxylic acids is 1. The van der Waals surface area contributed by atoms with Gasteiger partial charge in [-0.05, 0) is 44.2 Å². The highest BCUT2D eigenvalue weighted by atomic mass is 16.5. The summed E-state index contributed by atoms with van der Waals surface area (Å²) in [5.41, 5.74) is 0.187. The second-order valence-electron chi connectivity index (χ2n) is 8.40. The Morgan fingerprint density at radius 3 is 2.61 bits per heavy atom. The highest BCUT2D eigenvalue weighted by Gasteiger charge is 2.44. The number of carbonyl (C=O) groups is 2. The van der Waals surface area contributed by atoms with Crippen LogP contribution < -0.4 is 15.0 Å². The van der Waals surface area contributed by atoms with Crippen molar-refractivity contribution in [2.45, 2.75) is 57.9 Å². The Morgan fingerprint density at radius 2 is 1.93 bits per heavy atom. The van der Waals surface area contributed by atoms with Gasteiger partial charge in [-0.25, -0.2) is 0 Å².